The van der Waals surface area contributed by atoms with Crippen molar-refractivity contribution in [2.45, 2.75) is 51.4 Å². The van der Waals surface area contributed by atoms with E-state index in [1.165, 1.54) is 44.6 Å². The third kappa shape index (κ3) is 4.59. The number of hydrogen-bond donors (Lipinski definition) is 2. The van der Waals surface area contributed by atoms with Gasteiger partial charge in [0.2, 0.25) is 5.91 Å². The second-order valence-electron chi connectivity index (χ2n) is 11.2. The summed E-state index contributed by atoms with van der Waals surface area (Å²) in [6, 6.07) is 10.3. The first-order chi connectivity index (χ1) is 17.3. The molecule has 7 rings (SSSR count). The normalized spacial score (nSPS) is 26.2. The zero-order valence-electron chi connectivity index (χ0n) is 20.0. The number of carbonyl (C=O) groups is 1. The topological polar surface area (TPSA) is 75.1 Å². The molecule has 5 nitrogen and oxygen atoms in total. The summed E-state index contributed by atoms with van der Waals surface area (Å²) in [4.78, 5) is 22.4. The largest absolute Gasteiger partial charge is 0.508 e. The van der Waals surface area contributed by atoms with Gasteiger partial charge in [-0.1, -0.05) is 6.07 Å². The molecule has 0 radical (unpaired) electrons. The van der Waals surface area contributed by atoms with Crippen LogP contribution in [0.1, 0.15) is 49.8 Å². The molecule has 2 aromatic carbocycles. The van der Waals surface area contributed by atoms with Gasteiger partial charge in [0.05, 0.1) is 24.0 Å². The first-order valence-electron chi connectivity index (χ1n) is 12.7. The van der Waals surface area contributed by atoms with Gasteiger partial charge in [-0.3, -0.25) is 4.79 Å². The summed E-state index contributed by atoms with van der Waals surface area (Å²) in [5, 5.41) is 12.6. The number of carbonyl (C=O) groups excluding carboxylic acids is 1. The number of aromatic nitrogens is 2. The van der Waals surface area contributed by atoms with Gasteiger partial charge in [-0.15, -0.1) is 0 Å². The van der Waals surface area contributed by atoms with Crippen LogP contribution in [0.3, 0.4) is 0 Å². The van der Waals surface area contributed by atoms with Gasteiger partial charge in [0.1, 0.15) is 5.75 Å². The van der Waals surface area contributed by atoms with Crippen LogP contribution in [0.15, 0.2) is 48.7 Å². The highest BCUT2D eigenvalue weighted by atomic mass is 19.2. The minimum Gasteiger partial charge on any atom is -0.508 e. The lowest BCUT2D eigenvalue weighted by Gasteiger charge is -2.57. The monoisotopic (exact) mass is 489 g/mol. The molecule has 3 aromatic rings. The summed E-state index contributed by atoms with van der Waals surface area (Å²) < 4.78 is 26.9. The van der Waals surface area contributed by atoms with E-state index in [1.807, 2.05) is 0 Å². The Morgan fingerprint density at radius 2 is 1.64 bits per heavy atom. The van der Waals surface area contributed by atoms with Crippen molar-refractivity contribution in [1.82, 2.24) is 9.97 Å². The molecule has 4 aliphatic carbocycles. The second kappa shape index (κ2) is 8.95. The fourth-order valence-electron chi connectivity index (χ4n) is 7.30. The molecule has 186 valence electrons. The maximum absolute atomic E-state index is 13.6. The molecule has 1 heterocycles. The molecule has 2 N–H and O–H groups in total. The number of rotatable bonds is 6. The van der Waals surface area contributed by atoms with Crippen LogP contribution in [0.25, 0.3) is 11.3 Å². The summed E-state index contributed by atoms with van der Waals surface area (Å²) in [6.07, 6.45) is 9.93. The van der Waals surface area contributed by atoms with Crippen LogP contribution in [-0.2, 0) is 17.6 Å². The van der Waals surface area contributed by atoms with E-state index in [1.54, 1.807) is 30.5 Å². The van der Waals surface area contributed by atoms with Crippen molar-refractivity contribution in [3.63, 3.8) is 0 Å². The maximum Gasteiger partial charge on any atom is 0.229 e. The average Bonchev–Trinajstić information content (AvgIpc) is 2.82. The number of aromatic hydroxyl groups is 1. The number of amides is 1. The first kappa shape index (κ1) is 23.1. The average molecular weight is 490 g/mol. The second-order valence-corrected chi connectivity index (χ2v) is 11.2. The number of nitrogens with one attached hydrogen (secondary N) is 1. The van der Waals surface area contributed by atoms with Crippen molar-refractivity contribution in [2.75, 3.05) is 5.32 Å². The van der Waals surface area contributed by atoms with Crippen LogP contribution in [0.2, 0.25) is 0 Å². The summed E-state index contributed by atoms with van der Waals surface area (Å²) in [5.41, 5.74) is 2.88. The van der Waals surface area contributed by atoms with Crippen LogP contribution in [-0.4, -0.2) is 21.0 Å². The predicted molar refractivity (Wildman–Crippen MR) is 132 cm³/mol. The van der Waals surface area contributed by atoms with Crippen LogP contribution in [0.4, 0.5) is 14.6 Å². The van der Waals surface area contributed by atoms with Gasteiger partial charge in [0.15, 0.2) is 17.5 Å². The van der Waals surface area contributed by atoms with Crippen LogP contribution in [0, 0.1) is 34.8 Å². The van der Waals surface area contributed by atoms with Gasteiger partial charge in [-0.25, -0.2) is 18.7 Å². The summed E-state index contributed by atoms with van der Waals surface area (Å²) in [6.45, 7) is 0. The van der Waals surface area contributed by atoms with Crippen molar-refractivity contribution in [3.8, 4) is 17.0 Å². The standard InChI is InChI=1S/C29H29F2N3O2/c30-23-6-1-17(10-24(23)31)11-27(36)34-28-25(33-26(16-32-28)21-2-4-22(35)5-3-21)15-29-12-18-7-19(13-29)9-20(8-18)14-29/h1-6,10,16,18-20,35H,7-9,11-15H2,(H,32,34,36). The van der Waals surface area contributed by atoms with Gasteiger partial charge >= 0.3 is 0 Å². The van der Waals surface area contributed by atoms with Crippen molar-refractivity contribution in [3.05, 3.63) is 71.6 Å². The molecule has 0 saturated heterocycles. The van der Waals surface area contributed by atoms with Crippen LogP contribution in [0.5, 0.6) is 5.75 Å². The molecular formula is C29H29F2N3O2. The number of phenolic OH excluding ortho intramolecular Hbond substituents is 1. The fraction of sp³-hybridized carbons (Fsp3) is 0.414. The Labute approximate surface area is 209 Å². The van der Waals surface area contributed by atoms with Crippen LogP contribution < -0.4 is 5.32 Å². The third-order valence-corrected chi connectivity index (χ3v) is 8.32. The molecule has 0 spiro atoms. The van der Waals surface area contributed by atoms with E-state index in [9.17, 15) is 18.7 Å². The third-order valence-electron chi connectivity index (χ3n) is 8.32. The molecule has 7 heteroatoms. The van der Waals surface area contributed by atoms with Crippen molar-refractivity contribution >= 4 is 11.7 Å². The lowest BCUT2D eigenvalue weighted by Crippen LogP contribution is -2.47. The molecule has 0 atom stereocenters. The Balaban J connectivity index is 1.29. The highest BCUT2D eigenvalue weighted by Gasteiger charge is 2.51. The number of hydrogen-bond acceptors (Lipinski definition) is 4. The summed E-state index contributed by atoms with van der Waals surface area (Å²) in [5.74, 6) is 0.721. The molecule has 36 heavy (non-hydrogen) atoms. The number of halogens is 2. The Hall–Kier alpha value is -3.35. The van der Waals surface area contributed by atoms with Crippen molar-refractivity contribution < 1.29 is 18.7 Å². The predicted octanol–water partition coefficient (Wildman–Crippen LogP) is 6.07. The SMILES string of the molecule is O=C(Cc1ccc(F)c(F)c1)Nc1ncc(-c2ccc(O)cc2)nc1CC12CC3CC(CC(C3)C1)C2. The van der Waals surface area contributed by atoms with E-state index < -0.39 is 11.6 Å². The number of benzene rings is 2. The lowest BCUT2D eigenvalue weighted by molar-refractivity contribution is -0.115. The molecule has 4 aliphatic rings. The highest BCUT2D eigenvalue weighted by Crippen LogP contribution is 2.61. The van der Waals surface area contributed by atoms with Gasteiger partial charge < -0.3 is 10.4 Å². The molecule has 4 saturated carbocycles. The zero-order valence-corrected chi connectivity index (χ0v) is 20.0. The number of anilines is 1. The highest BCUT2D eigenvalue weighted by molar-refractivity contribution is 5.92. The van der Waals surface area contributed by atoms with Crippen molar-refractivity contribution in [1.29, 1.82) is 0 Å². The minimum atomic E-state index is -0.971. The smallest absolute Gasteiger partial charge is 0.229 e. The Kier molecular flexibility index (Phi) is 5.73. The lowest BCUT2D eigenvalue weighted by atomic mass is 9.48. The van der Waals surface area contributed by atoms with E-state index in [2.05, 4.69) is 10.3 Å². The molecule has 1 aromatic heterocycles. The van der Waals surface area contributed by atoms with Gasteiger partial charge in [0.25, 0.3) is 0 Å². The van der Waals surface area contributed by atoms with Gasteiger partial charge in [-0.05, 0) is 110 Å². The first-order valence-corrected chi connectivity index (χ1v) is 12.7. The van der Waals surface area contributed by atoms with E-state index in [-0.39, 0.29) is 23.5 Å². The molecular weight excluding hydrogens is 460 g/mol. The molecule has 0 unspecified atom stereocenters. The molecule has 1 amide bonds. The summed E-state index contributed by atoms with van der Waals surface area (Å²) in [7, 11) is 0. The Bertz CT molecular complexity index is 1270. The van der Waals surface area contributed by atoms with Crippen molar-refractivity contribution in [2.24, 2.45) is 23.2 Å². The molecule has 4 bridgehead atoms. The minimum absolute atomic E-state index is 0.0879. The van der Waals surface area contributed by atoms with E-state index in [4.69, 9.17) is 4.98 Å². The van der Waals surface area contributed by atoms with E-state index >= 15 is 0 Å². The maximum atomic E-state index is 13.6. The Morgan fingerprint density at radius 1 is 0.972 bits per heavy atom. The van der Waals surface area contributed by atoms with E-state index in [0.717, 1.165) is 47.6 Å². The van der Waals surface area contributed by atoms with E-state index in [0.29, 0.717) is 17.1 Å². The Morgan fingerprint density at radius 3 is 2.28 bits per heavy atom. The molecule has 4 fully saturated rings. The quantitative estimate of drug-likeness (QED) is 0.441. The molecule has 0 aliphatic heterocycles. The fourth-order valence-corrected chi connectivity index (χ4v) is 7.30. The van der Waals surface area contributed by atoms with Crippen LogP contribution >= 0.6 is 0 Å². The number of phenols is 1. The zero-order chi connectivity index (χ0) is 24.9. The van der Waals surface area contributed by atoms with Gasteiger partial charge in [-0.2, -0.15) is 0 Å². The van der Waals surface area contributed by atoms with Gasteiger partial charge in [0, 0.05) is 5.56 Å². The number of nitrogens with zero attached hydrogens (tertiary/aromatic N) is 2. The summed E-state index contributed by atoms with van der Waals surface area (Å²) >= 11 is 0.